The van der Waals surface area contributed by atoms with Crippen LogP contribution in [-0.4, -0.2) is 48.0 Å². The van der Waals surface area contributed by atoms with Crippen molar-refractivity contribution in [3.63, 3.8) is 0 Å². The summed E-state index contributed by atoms with van der Waals surface area (Å²) in [4.78, 5) is 32.6. The number of non-ortho nitro benzene ring substituents is 1. The Bertz CT molecular complexity index is 761. The molecule has 25 heavy (non-hydrogen) atoms. The summed E-state index contributed by atoms with van der Waals surface area (Å²) in [5, 5.41) is 16.4. The Kier molecular flexibility index (Phi) is 5.83. The van der Waals surface area contributed by atoms with E-state index in [4.69, 9.17) is 0 Å². The summed E-state index contributed by atoms with van der Waals surface area (Å²) in [7, 11) is 3.80. The molecule has 0 aliphatic rings. The van der Waals surface area contributed by atoms with E-state index in [0.29, 0.717) is 24.6 Å². The molecule has 0 aliphatic heterocycles. The molecule has 0 bridgehead atoms. The second-order valence-electron chi connectivity index (χ2n) is 5.57. The Hall–Kier alpha value is -3.23. The number of nitrogens with one attached hydrogen (secondary N) is 2. The van der Waals surface area contributed by atoms with Crippen LogP contribution in [0.15, 0.2) is 30.3 Å². The fraction of sp³-hybridized carbons (Fsp3) is 0.312. The van der Waals surface area contributed by atoms with Crippen LogP contribution in [0.4, 0.5) is 17.5 Å². The second kappa shape index (κ2) is 8.04. The van der Waals surface area contributed by atoms with Gasteiger partial charge in [-0.15, -0.1) is 0 Å². The van der Waals surface area contributed by atoms with Gasteiger partial charge in [-0.25, -0.2) is 4.98 Å². The van der Waals surface area contributed by atoms with Crippen molar-refractivity contribution in [2.75, 3.05) is 37.4 Å². The van der Waals surface area contributed by atoms with Crippen molar-refractivity contribution >= 4 is 23.4 Å². The molecular weight excluding hydrogens is 324 g/mol. The van der Waals surface area contributed by atoms with Gasteiger partial charge >= 0.3 is 0 Å². The van der Waals surface area contributed by atoms with E-state index >= 15 is 0 Å². The van der Waals surface area contributed by atoms with Crippen molar-refractivity contribution in [1.82, 2.24) is 15.3 Å². The summed E-state index contributed by atoms with van der Waals surface area (Å²) in [5.41, 5.74) is 1.16. The predicted octanol–water partition coefficient (Wildman–Crippen LogP) is 1.60. The number of hydrogen-bond acceptors (Lipinski definition) is 7. The third-order valence-electron chi connectivity index (χ3n) is 3.33. The molecular formula is C16H20N6O3. The number of amides is 1. The van der Waals surface area contributed by atoms with Crippen LogP contribution in [0.5, 0.6) is 0 Å². The highest BCUT2D eigenvalue weighted by Gasteiger charge is 2.09. The molecule has 0 aliphatic carbocycles. The van der Waals surface area contributed by atoms with Crippen molar-refractivity contribution in [2.24, 2.45) is 0 Å². The SMILES string of the molecule is Cc1cc(N(C)C)nc(NCCNC(=O)c2ccc([N+](=O)[O-])cc2)n1. The standard InChI is InChI=1S/C16H20N6O3/c1-11-10-14(21(2)3)20-16(19-11)18-9-8-17-15(23)12-4-6-13(7-5-12)22(24)25/h4-7,10H,8-9H2,1-3H3,(H,17,23)(H,18,19,20). The van der Waals surface area contributed by atoms with Crippen molar-refractivity contribution in [3.05, 3.63) is 51.7 Å². The number of aryl methyl sites for hydroxylation is 1. The van der Waals surface area contributed by atoms with E-state index in [1.165, 1.54) is 24.3 Å². The normalized spacial score (nSPS) is 10.2. The second-order valence-corrected chi connectivity index (χ2v) is 5.57. The van der Waals surface area contributed by atoms with Gasteiger partial charge in [-0.05, 0) is 19.1 Å². The molecule has 1 aromatic heterocycles. The molecule has 0 atom stereocenters. The van der Waals surface area contributed by atoms with Gasteiger partial charge in [-0.2, -0.15) is 4.98 Å². The summed E-state index contributed by atoms with van der Waals surface area (Å²) in [6.07, 6.45) is 0. The molecule has 1 amide bonds. The lowest BCUT2D eigenvalue weighted by Crippen LogP contribution is -2.29. The van der Waals surface area contributed by atoms with Crippen molar-refractivity contribution in [2.45, 2.75) is 6.92 Å². The number of carbonyl (C=O) groups is 1. The minimum atomic E-state index is -0.505. The topological polar surface area (TPSA) is 113 Å². The van der Waals surface area contributed by atoms with Crippen LogP contribution in [0.1, 0.15) is 16.1 Å². The number of nitro groups is 1. The lowest BCUT2D eigenvalue weighted by atomic mass is 10.2. The molecule has 132 valence electrons. The van der Waals surface area contributed by atoms with E-state index < -0.39 is 4.92 Å². The van der Waals surface area contributed by atoms with Gasteiger partial charge in [0, 0.05) is 56.6 Å². The Morgan fingerprint density at radius 1 is 1.20 bits per heavy atom. The summed E-state index contributed by atoms with van der Waals surface area (Å²) >= 11 is 0. The number of hydrogen-bond donors (Lipinski definition) is 2. The number of rotatable bonds is 7. The molecule has 0 fully saturated rings. The Balaban J connectivity index is 1.84. The van der Waals surface area contributed by atoms with Crippen LogP contribution >= 0.6 is 0 Å². The monoisotopic (exact) mass is 344 g/mol. The van der Waals surface area contributed by atoms with E-state index in [9.17, 15) is 14.9 Å². The average Bonchev–Trinajstić information content (AvgIpc) is 2.58. The molecule has 0 saturated carbocycles. The molecule has 2 aromatic rings. The number of benzene rings is 1. The number of aromatic nitrogens is 2. The predicted molar refractivity (Wildman–Crippen MR) is 95.0 cm³/mol. The smallest absolute Gasteiger partial charge is 0.269 e. The fourth-order valence-electron chi connectivity index (χ4n) is 2.05. The van der Waals surface area contributed by atoms with Gasteiger partial charge in [0.1, 0.15) is 5.82 Å². The third kappa shape index (κ3) is 5.13. The third-order valence-corrected chi connectivity index (χ3v) is 3.33. The van der Waals surface area contributed by atoms with Gasteiger partial charge in [-0.3, -0.25) is 14.9 Å². The van der Waals surface area contributed by atoms with E-state index in [-0.39, 0.29) is 11.6 Å². The summed E-state index contributed by atoms with van der Waals surface area (Å²) in [6.45, 7) is 2.70. The zero-order valence-corrected chi connectivity index (χ0v) is 14.3. The molecule has 2 N–H and O–H groups in total. The van der Waals surface area contributed by atoms with Crippen LogP contribution in [0, 0.1) is 17.0 Å². The van der Waals surface area contributed by atoms with Gasteiger partial charge in [0.05, 0.1) is 4.92 Å². The first kappa shape index (κ1) is 18.1. The highest BCUT2D eigenvalue weighted by Crippen LogP contribution is 2.12. The fourth-order valence-corrected chi connectivity index (χ4v) is 2.05. The minimum Gasteiger partial charge on any atom is -0.363 e. The first-order valence-electron chi connectivity index (χ1n) is 7.66. The first-order valence-corrected chi connectivity index (χ1v) is 7.66. The largest absolute Gasteiger partial charge is 0.363 e. The van der Waals surface area contributed by atoms with Crippen LogP contribution in [0.3, 0.4) is 0 Å². The molecule has 0 spiro atoms. The number of nitro benzene ring substituents is 1. The van der Waals surface area contributed by atoms with Gasteiger partial charge in [-0.1, -0.05) is 0 Å². The van der Waals surface area contributed by atoms with Gasteiger partial charge in [0.25, 0.3) is 11.6 Å². The number of anilines is 2. The van der Waals surface area contributed by atoms with Crippen molar-refractivity contribution < 1.29 is 9.72 Å². The van der Waals surface area contributed by atoms with Gasteiger partial charge in [0.15, 0.2) is 0 Å². The molecule has 1 heterocycles. The Morgan fingerprint density at radius 3 is 2.48 bits per heavy atom. The zero-order chi connectivity index (χ0) is 18.4. The first-order chi connectivity index (χ1) is 11.9. The molecule has 9 heteroatoms. The van der Waals surface area contributed by atoms with Crippen molar-refractivity contribution in [3.8, 4) is 0 Å². The van der Waals surface area contributed by atoms with Crippen molar-refractivity contribution in [1.29, 1.82) is 0 Å². The molecule has 0 radical (unpaired) electrons. The van der Waals surface area contributed by atoms with Crippen LogP contribution in [0.25, 0.3) is 0 Å². The quantitative estimate of drug-likeness (QED) is 0.445. The maximum Gasteiger partial charge on any atom is 0.269 e. The van der Waals surface area contributed by atoms with Crippen LogP contribution in [0.2, 0.25) is 0 Å². The van der Waals surface area contributed by atoms with Gasteiger partial charge in [0.2, 0.25) is 5.95 Å². The van der Waals surface area contributed by atoms with Gasteiger partial charge < -0.3 is 15.5 Å². The summed E-state index contributed by atoms with van der Waals surface area (Å²) in [5.74, 6) is 0.994. The maximum atomic E-state index is 12.0. The highest BCUT2D eigenvalue weighted by atomic mass is 16.6. The van der Waals surface area contributed by atoms with E-state index in [1.807, 2.05) is 32.0 Å². The van der Waals surface area contributed by atoms with E-state index in [2.05, 4.69) is 20.6 Å². The molecule has 0 saturated heterocycles. The maximum absolute atomic E-state index is 12.0. The highest BCUT2D eigenvalue weighted by molar-refractivity contribution is 5.94. The summed E-state index contributed by atoms with van der Waals surface area (Å²) in [6, 6.07) is 7.33. The van der Waals surface area contributed by atoms with E-state index in [0.717, 1.165) is 11.5 Å². The lowest BCUT2D eigenvalue weighted by molar-refractivity contribution is -0.384. The van der Waals surface area contributed by atoms with Crippen LogP contribution in [-0.2, 0) is 0 Å². The Labute approximate surface area is 145 Å². The zero-order valence-electron chi connectivity index (χ0n) is 14.3. The number of carbonyl (C=O) groups excluding carboxylic acids is 1. The van der Waals surface area contributed by atoms with Crippen LogP contribution < -0.4 is 15.5 Å². The Morgan fingerprint density at radius 2 is 1.88 bits per heavy atom. The molecule has 9 nitrogen and oxygen atoms in total. The average molecular weight is 344 g/mol. The molecule has 0 unspecified atom stereocenters. The van der Waals surface area contributed by atoms with E-state index in [1.54, 1.807) is 0 Å². The lowest BCUT2D eigenvalue weighted by Gasteiger charge is -2.14. The minimum absolute atomic E-state index is 0.0495. The summed E-state index contributed by atoms with van der Waals surface area (Å²) < 4.78 is 0. The molecule has 1 aromatic carbocycles. The number of nitrogens with zero attached hydrogens (tertiary/aromatic N) is 4. The molecule has 2 rings (SSSR count).